The number of fused-ring (bicyclic) bond motifs is 2. The van der Waals surface area contributed by atoms with E-state index in [4.69, 9.17) is 14.5 Å². The van der Waals surface area contributed by atoms with Crippen LogP contribution in [0.2, 0.25) is 0 Å². The zero-order chi connectivity index (χ0) is 21.7. The summed E-state index contributed by atoms with van der Waals surface area (Å²) in [6, 6.07) is 8.55. The van der Waals surface area contributed by atoms with Crippen molar-refractivity contribution < 1.29 is 14.3 Å². The third kappa shape index (κ3) is 6.36. The third-order valence-corrected chi connectivity index (χ3v) is 5.34. The monoisotopic (exact) mass is 416 g/mol. The van der Waals surface area contributed by atoms with Crippen LogP contribution >= 0.6 is 0 Å². The van der Waals surface area contributed by atoms with E-state index in [0.717, 1.165) is 36.5 Å². The molecule has 3 atom stereocenters. The van der Waals surface area contributed by atoms with Crippen LogP contribution in [-0.4, -0.2) is 54.4 Å². The zero-order valence-electron chi connectivity index (χ0n) is 18.9. The molecular weight excluding hydrogens is 380 g/mol. The van der Waals surface area contributed by atoms with Crippen LogP contribution in [0.1, 0.15) is 58.1 Å². The van der Waals surface area contributed by atoms with Gasteiger partial charge in [0.05, 0.1) is 24.8 Å². The van der Waals surface area contributed by atoms with Crippen LogP contribution in [0.4, 0.5) is 4.79 Å². The van der Waals surface area contributed by atoms with Gasteiger partial charge in [0, 0.05) is 20.1 Å². The summed E-state index contributed by atoms with van der Waals surface area (Å²) in [7, 11) is 1.75. The fraction of sp³-hybridized carbons (Fsp3) is 0.652. The fourth-order valence-electron chi connectivity index (χ4n) is 3.88. The second-order valence-electron chi connectivity index (χ2n) is 9.21. The number of amides is 1. The highest BCUT2D eigenvalue weighted by molar-refractivity contribution is 5.80. The number of hydrogen-bond donors (Lipinski definition) is 2. The summed E-state index contributed by atoms with van der Waals surface area (Å²) in [6.07, 6.45) is 3.81. The Morgan fingerprint density at radius 3 is 2.50 bits per heavy atom. The fourth-order valence-corrected chi connectivity index (χ4v) is 3.88. The maximum absolute atomic E-state index is 12.1. The van der Waals surface area contributed by atoms with Crippen molar-refractivity contribution in [2.24, 2.45) is 4.99 Å². The third-order valence-electron chi connectivity index (χ3n) is 5.34. The molecule has 2 heterocycles. The molecular formula is C23H36N4O3. The van der Waals surface area contributed by atoms with Crippen molar-refractivity contribution in [3.05, 3.63) is 35.4 Å². The highest BCUT2D eigenvalue weighted by Crippen LogP contribution is 2.34. The normalized spacial score (nSPS) is 23.4. The van der Waals surface area contributed by atoms with E-state index < -0.39 is 5.60 Å². The lowest BCUT2D eigenvalue weighted by Gasteiger charge is -2.24. The average Bonchev–Trinajstić information content (AvgIpc) is 3.29. The highest BCUT2D eigenvalue weighted by atomic mass is 16.6. The molecule has 1 amide bonds. The molecule has 2 bridgehead atoms. The van der Waals surface area contributed by atoms with Gasteiger partial charge in [-0.3, -0.25) is 0 Å². The molecule has 7 heteroatoms. The van der Waals surface area contributed by atoms with E-state index in [0.29, 0.717) is 31.3 Å². The van der Waals surface area contributed by atoms with Gasteiger partial charge in [0.15, 0.2) is 5.96 Å². The number of nitrogens with zero attached hydrogens (tertiary/aromatic N) is 2. The number of carbonyl (C=O) groups is 1. The van der Waals surface area contributed by atoms with Crippen molar-refractivity contribution in [2.45, 2.75) is 83.9 Å². The number of guanidine groups is 1. The lowest BCUT2D eigenvalue weighted by Crippen LogP contribution is -2.47. The average molecular weight is 417 g/mol. The van der Waals surface area contributed by atoms with Gasteiger partial charge in [-0.2, -0.15) is 0 Å². The van der Waals surface area contributed by atoms with E-state index >= 15 is 0 Å². The topological polar surface area (TPSA) is 75.2 Å². The standard InChI is InChI=1S/C23H36N4O3/c1-6-24-21(26-19-13-18-11-12-20(19)29-18)25-14-16-7-9-17(10-8-16)15-27(5)22(28)30-23(2,3)4/h7-10,18-20H,6,11-15H2,1-5H3,(H2,24,25,26). The Kier molecular flexibility index (Phi) is 7.23. The van der Waals surface area contributed by atoms with E-state index in [1.54, 1.807) is 11.9 Å². The summed E-state index contributed by atoms with van der Waals surface area (Å²) in [5.41, 5.74) is 1.69. The van der Waals surface area contributed by atoms with Crippen molar-refractivity contribution in [2.75, 3.05) is 13.6 Å². The van der Waals surface area contributed by atoms with Gasteiger partial charge in [-0.15, -0.1) is 0 Å². The van der Waals surface area contributed by atoms with Crippen molar-refractivity contribution in [3.63, 3.8) is 0 Å². The first kappa shape index (κ1) is 22.4. The number of benzene rings is 1. The second-order valence-corrected chi connectivity index (χ2v) is 9.21. The Hall–Kier alpha value is -2.28. The first-order chi connectivity index (χ1) is 14.2. The summed E-state index contributed by atoms with van der Waals surface area (Å²) in [5.74, 6) is 0.840. The molecule has 3 rings (SSSR count). The molecule has 30 heavy (non-hydrogen) atoms. The molecule has 2 fully saturated rings. The number of ether oxygens (including phenoxy) is 2. The summed E-state index contributed by atoms with van der Waals surface area (Å²) in [5, 5.41) is 6.88. The maximum Gasteiger partial charge on any atom is 0.410 e. The molecule has 1 aromatic rings. The molecule has 1 aromatic carbocycles. The maximum atomic E-state index is 12.1. The lowest BCUT2D eigenvalue weighted by molar-refractivity contribution is 0.0285. The van der Waals surface area contributed by atoms with Gasteiger partial charge in [-0.05, 0) is 58.1 Å². The van der Waals surface area contributed by atoms with E-state index in [9.17, 15) is 4.79 Å². The summed E-state index contributed by atoms with van der Waals surface area (Å²) < 4.78 is 11.3. The predicted octanol–water partition coefficient (Wildman–Crippen LogP) is 3.43. The SMILES string of the molecule is CCNC(=NCc1ccc(CN(C)C(=O)OC(C)(C)C)cc1)NC1CC2CCC1O2. The first-order valence-electron chi connectivity index (χ1n) is 11.0. The number of hydrogen-bond acceptors (Lipinski definition) is 4. The summed E-state index contributed by atoms with van der Waals surface area (Å²) in [4.78, 5) is 18.5. The molecule has 2 saturated heterocycles. The van der Waals surface area contributed by atoms with Gasteiger partial charge in [0.25, 0.3) is 0 Å². The molecule has 2 aliphatic rings. The molecule has 0 aromatic heterocycles. The van der Waals surface area contributed by atoms with Crippen LogP contribution in [-0.2, 0) is 22.6 Å². The van der Waals surface area contributed by atoms with E-state index in [1.165, 1.54) is 6.42 Å². The van der Waals surface area contributed by atoms with Gasteiger partial charge in [0.1, 0.15) is 5.60 Å². The van der Waals surface area contributed by atoms with E-state index in [1.807, 2.05) is 32.9 Å². The molecule has 7 nitrogen and oxygen atoms in total. The Morgan fingerprint density at radius 2 is 1.93 bits per heavy atom. The zero-order valence-corrected chi connectivity index (χ0v) is 18.9. The quantitative estimate of drug-likeness (QED) is 0.549. The van der Waals surface area contributed by atoms with Crippen molar-refractivity contribution in [1.29, 1.82) is 0 Å². The molecule has 166 valence electrons. The molecule has 0 radical (unpaired) electrons. The molecule has 0 spiro atoms. The molecule has 0 aliphatic carbocycles. The van der Waals surface area contributed by atoms with Crippen molar-refractivity contribution in [1.82, 2.24) is 15.5 Å². The second kappa shape index (κ2) is 9.69. The Labute approximate surface area is 180 Å². The molecule has 0 saturated carbocycles. The number of rotatable bonds is 6. The van der Waals surface area contributed by atoms with Crippen LogP contribution in [0.5, 0.6) is 0 Å². The van der Waals surface area contributed by atoms with E-state index in [-0.39, 0.29) is 6.09 Å². The van der Waals surface area contributed by atoms with E-state index in [2.05, 4.69) is 29.7 Å². The smallest absolute Gasteiger partial charge is 0.410 e. The van der Waals surface area contributed by atoms with Gasteiger partial charge >= 0.3 is 6.09 Å². The Morgan fingerprint density at radius 1 is 1.23 bits per heavy atom. The Balaban J connectivity index is 1.52. The van der Waals surface area contributed by atoms with Crippen molar-refractivity contribution in [3.8, 4) is 0 Å². The van der Waals surface area contributed by atoms with Crippen LogP contribution in [0.25, 0.3) is 0 Å². The van der Waals surface area contributed by atoms with Gasteiger partial charge in [-0.25, -0.2) is 9.79 Å². The van der Waals surface area contributed by atoms with Gasteiger partial charge in [-0.1, -0.05) is 24.3 Å². The lowest BCUT2D eigenvalue weighted by atomic mass is 9.96. The van der Waals surface area contributed by atoms with Gasteiger partial charge in [0.2, 0.25) is 0 Å². The first-order valence-corrected chi connectivity index (χ1v) is 11.0. The minimum absolute atomic E-state index is 0.317. The summed E-state index contributed by atoms with van der Waals surface area (Å²) >= 11 is 0. The largest absolute Gasteiger partial charge is 0.444 e. The highest BCUT2D eigenvalue weighted by Gasteiger charge is 2.41. The Bertz CT molecular complexity index is 742. The molecule has 2 aliphatic heterocycles. The minimum Gasteiger partial charge on any atom is -0.444 e. The van der Waals surface area contributed by atoms with Crippen LogP contribution < -0.4 is 10.6 Å². The van der Waals surface area contributed by atoms with Crippen LogP contribution in [0, 0.1) is 0 Å². The molecule has 2 N–H and O–H groups in total. The summed E-state index contributed by atoms with van der Waals surface area (Å²) in [6.45, 7) is 9.61. The number of carbonyl (C=O) groups excluding carboxylic acids is 1. The van der Waals surface area contributed by atoms with Crippen LogP contribution in [0.3, 0.4) is 0 Å². The molecule has 3 unspecified atom stereocenters. The minimum atomic E-state index is -0.490. The van der Waals surface area contributed by atoms with Crippen molar-refractivity contribution >= 4 is 12.1 Å². The number of nitrogens with one attached hydrogen (secondary N) is 2. The predicted molar refractivity (Wildman–Crippen MR) is 118 cm³/mol. The van der Waals surface area contributed by atoms with Crippen LogP contribution in [0.15, 0.2) is 29.3 Å². The number of aliphatic imine (C=N–C) groups is 1. The van der Waals surface area contributed by atoms with Gasteiger partial charge < -0.3 is 25.0 Å².